The monoisotopic (exact) mass is 470 g/mol. The van der Waals surface area contributed by atoms with E-state index in [1.807, 2.05) is 12.1 Å². The number of aryl methyl sites for hydroxylation is 1. The Balaban J connectivity index is 1.45. The van der Waals surface area contributed by atoms with E-state index < -0.39 is 23.8 Å². The zero-order valence-electron chi connectivity index (χ0n) is 18.5. The third-order valence-corrected chi connectivity index (χ3v) is 6.78. The predicted octanol–water partition coefficient (Wildman–Crippen LogP) is 4.72. The number of amides is 2. The highest BCUT2D eigenvalue weighted by Crippen LogP contribution is 2.42. The summed E-state index contributed by atoms with van der Waals surface area (Å²) in [6.45, 7) is 0.232. The molecular weight excluding hydrogens is 445 g/mol. The maximum Gasteiger partial charge on any atom is 0.416 e. The van der Waals surface area contributed by atoms with Gasteiger partial charge in [0.25, 0.3) is 0 Å². The lowest BCUT2D eigenvalue weighted by molar-refractivity contribution is -0.137. The first-order valence-electron chi connectivity index (χ1n) is 11.5. The van der Waals surface area contributed by atoms with E-state index in [2.05, 4.69) is 5.32 Å². The van der Waals surface area contributed by atoms with Gasteiger partial charge < -0.3 is 15.3 Å². The Kier molecular flexibility index (Phi) is 5.72. The van der Waals surface area contributed by atoms with Crippen molar-refractivity contribution < 1.29 is 27.9 Å². The van der Waals surface area contributed by atoms with Crippen molar-refractivity contribution in [3.05, 3.63) is 64.7 Å². The van der Waals surface area contributed by atoms with Gasteiger partial charge in [-0.1, -0.05) is 18.2 Å². The second-order valence-corrected chi connectivity index (χ2v) is 9.24. The van der Waals surface area contributed by atoms with Crippen LogP contribution in [0.5, 0.6) is 0 Å². The van der Waals surface area contributed by atoms with Crippen LogP contribution in [0.3, 0.4) is 0 Å². The Morgan fingerprint density at radius 2 is 1.88 bits per heavy atom. The topological polar surface area (TPSA) is 69.6 Å². The molecule has 2 aromatic rings. The molecule has 0 spiro atoms. The van der Waals surface area contributed by atoms with Crippen molar-refractivity contribution in [3.63, 3.8) is 0 Å². The van der Waals surface area contributed by atoms with E-state index in [1.165, 1.54) is 17.0 Å². The zero-order chi connectivity index (χ0) is 24.0. The van der Waals surface area contributed by atoms with Crippen LogP contribution in [0, 0.1) is 5.92 Å². The molecule has 2 N–H and O–H groups in total. The van der Waals surface area contributed by atoms with Crippen molar-refractivity contribution in [1.82, 2.24) is 0 Å². The van der Waals surface area contributed by atoms with Crippen LogP contribution < -0.4 is 10.2 Å². The van der Waals surface area contributed by atoms with Gasteiger partial charge >= 0.3 is 6.18 Å². The first-order chi connectivity index (χ1) is 16.2. The molecule has 1 atom stereocenters. The number of aliphatic hydroxyl groups is 1. The second-order valence-electron chi connectivity index (χ2n) is 9.24. The summed E-state index contributed by atoms with van der Waals surface area (Å²) in [5, 5.41) is 12.9. The number of carbonyl (C=O) groups excluding carboxylic acids is 2. The summed E-state index contributed by atoms with van der Waals surface area (Å²) in [6.07, 6.45) is 0.187. The average Bonchev–Trinajstić information content (AvgIpc) is 3.64. The number of carbonyl (C=O) groups is 2. The lowest BCUT2D eigenvalue weighted by Gasteiger charge is -2.32. The Bertz CT molecular complexity index is 1180. The molecule has 1 saturated carbocycles. The van der Waals surface area contributed by atoms with Gasteiger partial charge in [-0.25, -0.2) is 0 Å². The van der Waals surface area contributed by atoms with Crippen LogP contribution in [0.15, 0.2) is 42.5 Å². The third-order valence-electron chi connectivity index (χ3n) is 6.78. The first kappa shape index (κ1) is 22.7. The van der Waals surface area contributed by atoms with Crippen LogP contribution in [0.4, 0.5) is 24.5 Å². The lowest BCUT2D eigenvalue weighted by Crippen LogP contribution is -2.36. The molecule has 0 saturated heterocycles. The van der Waals surface area contributed by atoms with Gasteiger partial charge in [0.2, 0.25) is 11.8 Å². The molecule has 34 heavy (non-hydrogen) atoms. The van der Waals surface area contributed by atoms with Crippen molar-refractivity contribution in [2.24, 2.45) is 5.92 Å². The number of rotatable bonds is 3. The number of halogens is 3. The van der Waals surface area contributed by atoms with Gasteiger partial charge in [-0.15, -0.1) is 0 Å². The average molecular weight is 470 g/mol. The minimum atomic E-state index is -4.53. The molecule has 2 aromatic carbocycles. The van der Waals surface area contributed by atoms with Crippen LogP contribution in [0.2, 0.25) is 0 Å². The molecule has 1 heterocycles. The number of aliphatic hydroxyl groups excluding tert-OH is 1. The van der Waals surface area contributed by atoms with E-state index >= 15 is 0 Å². The van der Waals surface area contributed by atoms with E-state index in [0.717, 1.165) is 42.5 Å². The zero-order valence-corrected chi connectivity index (χ0v) is 18.5. The molecule has 8 heteroatoms. The maximum absolute atomic E-state index is 13.4. The van der Waals surface area contributed by atoms with E-state index in [0.29, 0.717) is 36.1 Å². The highest BCUT2D eigenvalue weighted by Gasteiger charge is 2.38. The number of fused-ring (bicyclic) bond motifs is 2. The van der Waals surface area contributed by atoms with Gasteiger partial charge in [0.05, 0.1) is 17.4 Å². The normalized spacial score (nSPS) is 21.1. The maximum atomic E-state index is 13.4. The Labute approximate surface area is 195 Å². The van der Waals surface area contributed by atoms with Crippen molar-refractivity contribution in [2.45, 2.75) is 50.8 Å². The van der Waals surface area contributed by atoms with Crippen LogP contribution >= 0.6 is 0 Å². The number of benzene rings is 2. The fourth-order valence-electron chi connectivity index (χ4n) is 4.83. The smallest absolute Gasteiger partial charge is 0.393 e. The number of alkyl halides is 3. The molecule has 2 amide bonds. The van der Waals surface area contributed by atoms with Gasteiger partial charge in [-0.2, -0.15) is 13.2 Å². The minimum absolute atomic E-state index is 0.129. The minimum Gasteiger partial charge on any atom is -0.393 e. The van der Waals surface area contributed by atoms with E-state index in [4.69, 9.17) is 0 Å². The van der Waals surface area contributed by atoms with Crippen LogP contribution in [-0.2, 0) is 28.6 Å². The number of hydrogen-bond donors (Lipinski definition) is 2. The molecule has 0 aromatic heterocycles. The summed E-state index contributed by atoms with van der Waals surface area (Å²) in [4.78, 5) is 27.1. The van der Waals surface area contributed by atoms with Crippen molar-refractivity contribution in [3.8, 4) is 0 Å². The summed E-state index contributed by atoms with van der Waals surface area (Å²) >= 11 is 0. The largest absolute Gasteiger partial charge is 0.416 e. The van der Waals surface area contributed by atoms with Gasteiger partial charge in [-0.05, 0) is 67.0 Å². The molecule has 5 nitrogen and oxygen atoms in total. The first-order valence-corrected chi connectivity index (χ1v) is 11.5. The van der Waals surface area contributed by atoms with E-state index in [9.17, 15) is 27.9 Å². The van der Waals surface area contributed by atoms with Crippen molar-refractivity contribution in [1.29, 1.82) is 0 Å². The summed E-state index contributed by atoms with van der Waals surface area (Å²) < 4.78 is 40.1. The van der Waals surface area contributed by atoms with Gasteiger partial charge in [0, 0.05) is 36.2 Å². The Morgan fingerprint density at radius 1 is 1.09 bits per heavy atom. The quantitative estimate of drug-likeness (QED) is 0.638. The van der Waals surface area contributed by atoms with E-state index in [-0.39, 0.29) is 24.1 Å². The van der Waals surface area contributed by atoms with Crippen LogP contribution in [-0.4, -0.2) is 29.6 Å². The van der Waals surface area contributed by atoms with Crippen molar-refractivity contribution in [2.75, 3.05) is 16.8 Å². The molecule has 178 valence electrons. The van der Waals surface area contributed by atoms with Crippen LogP contribution in [0.25, 0.3) is 5.57 Å². The summed E-state index contributed by atoms with van der Waals surface area (Å²) in [5.41, 5.74) is 3.07. The molecule has 0 bridgehead atoms. The molecule has 5 rings (SSSR count). The number of nitrogens with zero attached hydrogens (tertiary/aromatic N) is 1. The fraction of sp³-hybridized carbons (Fsp3) is 0.385. The van der Waals surface area contributed by atoms with Crippen molar-refractivity contribution >= 4 is 28.8 Å². The predicted molar refractivity (Wildman–Crippen MR) is 122 cm³/mol. The molecule has 3 aliphatic rings. The number of hydrogen-bond acceptors (Lipinski definition) is 3. The third kappa shape index (κ3) is 4.46. The van der Waals surface area contributed by atoms with Gasteiger partial charge in [0.1, 0.15) is 0 Å². The Hall–Kier alpha value is -3.13. The summed E-state index contributed by atoms with van der Waals surface area (Å²) in [6, 6.07) is 8.98. The fourth-order valence-corrected chi connectivity index (χ4v) is 4.83. The van der Waals surface area contributed by atoms with E-state index in [1.54, 1.807) is 6.07 Å². The molecule has 1 fully saturated rings. The Morgan fingerprint density at radius 3 is 2.62 bits per heavy atom. The molecule has 1 aliphatic heterocycles. The SMILES string of the molecule is O=C(/C=C1\CCN(C(=O)C2CC2)c2cc(C(F)(F)F)ccc21)Nc1cccc2c1CC(O)CC2. The molecule has 2 aliphatic carbocycles. The number of nitrogens with one attached hydrogen (secondary N) is 1. The van der Waals surface area contributed by atoms with Gasteiger partial charge in [-0.3, -0.25) is 9.59 Å². The highest BCUT2D eigenvalue weighted by atomic mass is 19.4. The van der Waals surface area contributed by atoms with Gasteiger partial charge in [0.15, 0.2) is 0 Å². The summed E-state index contributed by atoms with van der Waals surface area (Å²) in [7, 11) is 0. The number of anilines is 2. The lowest BCUT2D eigenvalue weighted by atomic mass is 9.88. The molecular formula is C26H25F3N2O3. The molecule has 1 unspecified atom stereocenters. The second kappa shape index (κ2) is 8.58. The molecule has 0 radical (unpaired) electrons. The summed E-state index contributed by atoms with van der Waals surface area (Å²) in [5.74, 6) is -0.675. The standard InChI is InChI=1S/C26H25F3N2O3/c27-26(28,29)18-7-9-20-17(10-11-31(23(20)13-18)25(34)16-4-5-16)12-24(33)30-22-3-1-2-15-6-8-19(32)14-21(15)22/h1-3,7,9,12-13,16,19,32H,4-6,8,10-11,14H2,(H,30,33)/b17-12+. The van der Waals surface area contributed by atoms with Crippen LogP contribution in [0.1, 0.15) is 47.9 Å². The highest BCUT2D eigenvalue weighted by molar-refractivity contribution is 6.07.